The third-order valence-corrected chi connectivity index (χ3v) is 9.14. The summed E-state index contributed by atoms with van der Waals surface area (Å²) in [6.07, 6.45) is 14.7. The van der Waals surface area contributed by atoms with Crippen LogP contribution in [0.5, 0.6) is 0 Å². The highest BCUT2D eigenvalue weighted by Gasteiger charge is 2.50. The Morgan fingerprint density at radius 1 is 1.13 bits per heavy atom. The molecule has 0 amide bonds. The van der Waals surface area contributed by atoms with Gasteiger partial charge in [0, 0.05) is 29.5 Å². The molecule has 3 fully saturated rings. The van der Waals surface area contributed by atoms with E-state index in [2.05, 4.69) is 46.4 Å². The highest BCUT2D eigenvalue weighted by molar-refractivity contribution is 5.80. The van der Waals surface area contributed by atoms with Gasteiger partial charge in [-0.2, -0.15) is 0 Å². The first kappa shape index (κ1) is 35.8. The van der Waals surface area contributed by atoms with Crippen molar-refractivity contribution in [3.8, 4) is 0 Å². The number of hydrogen-bond donors (Lipinski definition) is 5. The predicted octanol–water partition coefficient (Wildman–Crippen LogP) is 5.08. The van der Waals surface area contributed by atoms with Crippen molar-refractivity contribution >= 4 is 35.0 Å². The van der Waals surface area contributed by atoms with Gasteiger partial charge in [0.25, 0.3) is 0 Å². The number of aliphatic carboxylic acids is 2. The van der Waals surface area contributed by atoms with Crippen LogP contribution in [0, 0.1) is 29.1 Å². The van der Waals surface area contributed by atoms with Gasteiger partial charge < -0.3 is 26.2 Å². The quantitative estimate of drug-likeness (QED) is 0.249. The van der Waals surface area contributed by atoms with Gasteiger partial charge in [0.2, 0.25) is 0 Å². The molecule has 0 aliphatic heterocycles. The van der Waals surface area contributed by atoms with Crippen LogP contribution in [0.15, 0.2) is 35.5 Å². The maximum Gasteiger partial charge on any atom is 0.321 e. The molecule has 2 radical (unpaired) electrons. The Labute approximate surface area is 251 Å². The van der Waals surface area contributed by atoms with Crippen LogP contribution >= 0.6 is 0 Å². The second-order valence-electron chi connectivity index (χ2n) is 12.5. The summed E-state index contributed by atoms with van der Waals surface area (Å²) in [5, 5.41) is 36.2. The Balaban J connectivity index is 0.000000656. The van der Waals surface area contributed by atoms with Crippen LogP contribution in [-0.4, -0.2) is 73.7 Å². The highest BCUT2D eigenvalue weighted by atomic mass is 24.3. The van der Waals surface area contributed by atoms with E-state index < -0.39 is 36.6 Å². The number of fused-ring (bicyclic) bond motifs is 1. The standard InChI is InChI=1S/C27H44O2.C4H7NO4.Mg/c1-18(2)8-6-9-19(3)24-13-14-25-21(10-7-15-27(24,25)5)11-12-22-16-23(28)17-26(29)20(22)4;5-2(4(8)9)1-3(6)7;/h11-12,18-19,23-26,28-29H,4,6-10,13-17H2,1-3,5H3;2H,1,5H2,(H,6,7)(H,8,9);/b21-11+,22-12-;;/t19-,23-,24-,25+,26+,27-;2-;/m10./s1. The smallest absolute Gasteiger partial charge is 0.321 e. The van der Waals surface area contributed by atoms with E-state index in [1.807, 2.05) is 0 Å². The Hall–Kier alpha value is -1.19. The molecule has 218 valence electrons. The summed E-state index contributed by atoms with van der Waals surface area (Å²) >= 11 is 0. The molecule has 0 aromatic rings. The minimum absolute atomic E-state index is 0. The maximum absolute atomic E-state index is 10.1. The molecule has 0 saturated heterocycles. The molecule has 0 bridgehead atoms. The number of nitrogens with two attached hydrogens (primary N) is 1. The van der Waals surface area contributed by atoms with Gasteiger partial charge >= 0.3 is 11.9 Å². The van der Waals surface area contributed by atoms with Crippen molar-refractivity contribution in [1.82, 2.24) is 0 Å². The largest absolute Gasteiger partial charge is 0.481 e. The molecule has 0 aromatic heterocycles. The van der Waals surface area contributed by atoms with E-state index in [1.54, 1.807) is 5.57 Å². The third-order valence-electron chi connectivity index (χ3n) is 9.14. The van der Waals surface area contributed by atoms with Gasteiger partial charge in [0.1, 0.15) is 6.04 Å². The summed E-state index contributed by atoms with van der Waals surface area (Å²) in [4.78, 5) is 19.6. The maximum atomic E-state index is 10.1. The fourth-order valence-corrected chi connectivity index (χ4v) is 7.00. The molecule has 39 heavy (non-hydrogen) atoms. The normalized spacial score (nSPS) is 32.2. The van der Waals surface area contributed by atoms with E-state index in [1.165, 1.54) is 51.4 Å². The van der Waals surface area contributed by atoms with Crippen LogP contribution < -0.4 is 5.73 Å². The minimum Gasteiger partial charge on any atom is -0.481 e. The van der Waals surface area contributed by atoms with E-state index in [0.717, 1.165) is 28.9 Å². The van der Waals surface area contributed by atoms with Gasteiger partial charge in [0.15, 0.2) is 0 Å². The molecule has 6 N–H and O–H groups in total. The van der Waals surface area contributed by atoms with Gasteiger partial charge in [-0.05, 0) is 78.8 Å². The lowest BCUT2D eigenvalue weighted by Crippen LogP contribution is -2.36. The molecular weight excluding hydrogens is 507 g/mol. The molecule has 0 spiro atoms. The lowest BCUT2D eigenvalue weighted by Gasteiger charge is -2.44. The van der Waals surface area contributed by atoms with Crippen LogP contribution in [0.2, 0.25) is 0 Å². The summed E-state index contributed by atoms with van der Waals surface area (Å²) in [6, 6.07) is -1.29. The third kappa shape index (κ3) is 10.3. The zero-order chi connectivity index (χ0) is 28.6. The van der Waals surface area contributed by atoms with E-state index in [4.69, 9.17) is 15.9 Å². The predicted molar refractivity (Wildman–Crippen MR) is 156 cm³/mol. The second kappa shape index (κ2) is 16.3. The number of allylic oxidation sites excluding steroid dienone is 3. The first-order valence-corrected chi connectivity index (χ1v) is 14.4. The molecule has 0 unspecified atom stereocenters. The number of rotatable bonds is 9. The molecule has 3 aliphatic carbocycles. The molecule has 0 heterocycles. The van der Waals surface area contributed by atoms with Gasteiger partial charge in [0.05, 0.1) is 18.6 Å². The number of carbonyl (C=O) groups is 2. The van der Waals surface area contributed by atoms with Crippen molar-refractivity contribution in [3.63, 3.8) is 0 Å². The number of hydrogen-bond acceptors (Lipinski definition) is 5. The first-order valence-electron chi connectivity index (χ1n) is 14.4. The van der Waals surface area contributed by atoms with Crippen molar-refractivity contribution in [2.24, 2.45) is 34.8 Å². The molecule has 3 aliphatic rings. The van der Waals surface area contributed by atoms with Crippen LogP contribution in [-0.2, 0) is 9.59 Å². The van der Waals surface area contributed by atoms with Crippen molar-refractivity contribution in [2.75, 3.05) is 0 Å². The summed E-state index contributed by atoms with van der Waals surface area (Å²) in [5.74, 6) is 0.701. The van der Waals surface area contributed by atoms with Crippen molar-refractivity contribution in [1.29, 1.82) is 0 Å². The monoisotopic (exact) mass is 557 g/mol. The Bertz CT molecular complexity index is 900. The van der Waals surface area contributed by atoms with E-state index >= 15 is 0 Å². The molecule has 0 aromatic carbocycles. The summed E-state index contributed by atoms with van der Waals surface area (Å²) in [5.41, 5.74) is 8.72. The minimum atomic E-state index is -1.29. The summed E-state index contributed by atoms with van der Waals surface area (Å²) < 4.78 is 0. The topological polar surface area (TPSA) is 141 Å². The number of carboxylic acid groups (broad SMARTS) is 2. The van der Waals surface area contributed by atoms with Gasteiger partial charge in [-0.25, -0.2) is 0 Å². The molecule has 3 saturated carbocycles. The first-order chi connectivity index (χ1) is 17.8. The fraction of sp³-hybridized carbons (Fsp3) is 0.742. The van der Waals surface area contributed by atoms with Crippen molar-refractivity contribution in [3.05, 3.63) is 35.5 Å². The van der Waals surface area contributed by atoms with Crippen molar-refractivity contribution < 1.29 is 30.0 Å². The van der Waals surface area contributed by atoms with Crippen molar-refractivity contribution in [2.45, 2.75) is 117 Å². The number of aliphatic hydroxyl groups excluding tert-OH is 2. The lowest BCUT2D eigenvalue weighted by molar-refractivity contribution is -0.144. The zero-order valence-corrected chi connectivity index (χ0v) is 26.0. The SMILES string of the molecule is C=C1/C(=C\C=C2/CCC[C@]3(C)[C@@H]([C@H](C)CCCC(C)C)CC[C@@H]23)C[C@@H](O)C[C@@H]1O.N[C@@H](CC(=O)O)C(=O)O.[Mg]. The molecular formula is C31H51MgNO6. The average Bonchev–Trinajstić information content (AvgIpc) is 3.17. The summed E-state index contributed by atoms with van der Waals surface area (Å²) in [7, 11) is 0. The second-order valence-corrected chi connectivity index (χ2v) is 12.5. The van der Waals surface area contributed by atoms with E-state index in [9.17, 15) is 19.8 Å². The molecule has 8 heteroatoms. The Kier molecular flexibility index (Phi) is 15.0. The highest BCUT2D eigenvalue weighted by Crippen LogP contribution is 2.60. The lowest BCUT2D eigenvalue weighted by atomic mass is 9.60. The molecule has 7 atom stereocenters. The molecule has 7 nitrogen and oxygen atoms in total. The summed E-state index contributed by atoms with van der Waals surface area (Å²) in [6.45, 7) is 13.8. The average molecular weight is 558 g/mol. The Morgan fingerprint density at radius 2 is 1.79 bits per heavy atom. The molecule has 3 rings (SSSR count). The van der Waals surface area contributed by atoms with E-state index in [-0.39, 0.29) is 23.1 Å². The van der Waals surface area contributed by atoms with Gasteiger partial charge in [-0.15, -0.1) is 0 Å². The van der Waals surface area contributed by atoms with Gasteiger partial charge in [-0.3, -0.25) is 9.59 Å². The van der Waals surface area contributed by atoms with Crippen LogP contribution in [0.4, 0.5) is 0 Å². The Morgan fingerprint density at radius 3 is 2.36 bits per heavy atom. The fourth-order valence-electron chi connectivity index (χ4n) is 7.00. The number of aliphatic hydroxyl groups is 2. The van der Waals surface area contributed by atoms with Crippen LogP contribution in [0.25, 0.3) is 0 Å². The number of carboxylic acids is 2. The van der Waals surface area contributed by atoms with Crippen LogP contribution in [0.1, 0.15) is 98.3 Å². The zero-order valence-electron chi connectivity index (χ0n) is 24.6. The van der Waals surface area contributed by atoms with Gasteiger partial charge in [-0.1, -0.05) is 71.3 Å². The van der Waals surface area contributed by atoms with Crippen LogP contribution in [0.3, 0.4) is 0 Å². The van der Waals surface area contributed by atoms with E-state index in [0.29, 0.717) is 24.2 Å².